The Hall–Kier alpha value is -3.83. The van der Waals surface area contributed by atoms with E-state index in [2.05, 4.69) is 30.7 Å². The van der Waals surface area contributed by atoms with E-state index in [0.717, 1.165) is 16.8 Å². The van der Waals surface area contributed by atoms with Crippen molar-refractivity contribution in [1.29, 1.82) is 0 Å². The van der Waals surface area contributed by atoms with Crippen LogP contribution >= 0.6 is 0 Å². The zero-order valence-corrected chi connectivity index (χ0v) is 20.0. The van der Waals surface area contributed by atoms with Crippen LogP contribution in [0.25, 0.3) is 11.3 Å². The van der Waals surface area contributed by atoms with E-state index in [0.29, 0.717) is 48.1 Å². The van der Waals surface area contributed by atoms with Gasteiger partial charge in [-0.2, -0.15) is 0 Å². The van der Waals surface area contributed by atoms with Gasteiger partial charge in [0, 0.05) is 37.1 Å². The molecule has 2 aliphatic heterocycles. The number of fused-ring (bicyclic) bond motifs is 1. The van der Waals surface area contributed by atoms with Crippen molar-refractivity contribution in [3.8, 4) is 17.1 Å². The average molecular weight is 494 g/mol. The van der Waals surface area contributed by atoms with Crippen LogP contribution in [0.15, 0.2) is 41.6 Å². The second-order valence-corrected chi connectivity index (χ2v) is 8.88. The number of aliphatic hydroxyl groups excluding tert-OH is 1. The summed E-state index contributed by atoms with van der Waals surface area (Å²) in [5.74, 6) is 0.705. The molecule has 0 unspecified atom stereocenters. The molecule has 3 aromatic rings. The third-order valence-electron chi connectivity index (χ3n) is 6.42. The first-order valence-electron chi connectivity index (χ1n) is 11.7. The summed E-state index contributed by atoms with van der Waals surface area (Å²) in [6, 6.07) is 9.64. The Bertz CT molecular complexity index is 1300. The number of aliphatic hydroxyl groups is 1. The van der Waals surface area contributed by atoms with E-state index in [4.69, 9.17) is 15.3 Å². The summed E-state index contributed by atoms with van der Waals surface area (Å²) < 4.78 is 19.6. The van der Waals surface area contributed by atoms with Gasteiger partial charge in [0.1, 0.15) is 11.9 Å². The average Bonchev–Trinajstić information content (AvgIpc) is 3.35. The lowest BCUT2D eigenvalue weighted by Gasteiger charge is -2.29. The number of aryl methyl sites for hydroxylation is 1. The number of hydrogen-bond acceptors (Lipinski definition) is 9. The van der Waals surface area contributed by atoms with E-state index in [1.165, 1.54) is 19.2 Å². The van der Waals surface area contributed by atoms with E-state index >= 15 is 0 Å². The molecule has 11 heteroatoms. The molecule has 1 saturated heterocycles. The van der Waals surface area contributed by atoms with Crippen LogP contribution in [0.2, 0.25) is 0 Å². The third-order valence-corrected chi connectivity index (χ3v) is 6.42. The van der Waals surface area contributed by atoms with Crippen LogP contribution < -0.4 is 21.1 Å². The fourth-order valence-electron chi connectivity index (χ4n) is 4.71. The normalized spacial score (nSPS) is 22.2. The number of methoxy groups -OCH3 is 1. The van der Waals surface area contributed by atoms with Gasteiger partial charge in [0.15, 0.2) is 5.84 Å². The Balaban J connectivity index is 1.54. The molecule has 5 N–H and O–H groups in total. The Morgan fingerprint density at radius 2 is 2.08 bits per heavy atom. The molecule has 0 saturated carbocycles. The summed E-state index contributed by atoms with van der Waals surface area (Å²) in [6.07, 6.45) is 0.935. The fraction of sp³-hybridized carbons (Fsp3) is 0.360. The molecule has 188 valence electrons. The van der Waals surface area contributed by atoms with Crippen molar-refractivity contribution in [3.05, 3.63) is 64.7 Å². The molecule has 4 heterocycles. The molecule has 2 aromatic heterocycles. The van der Waals surface area contributed by atoms with E-state index in [9.17, 15) is 9.50 Å². The van der Waals surface area contributed by atoms with Gasteiger partial charge in [0.05, 0.1) is 42.4 Å². The first-order chi connectivity index (χ1) is 17.4. The minimum Gasteiger partial charge on any atom is -0.481 e. The van der Waals surface area contributed by atoms with Crippen molar-refractivity contribution in [2.45, 2.75) is 38.0 Å². The topological polar surface area (TPSA) is 140 Å². The fourth-order valence-corrected chi connectivity index (χ4v) is 4.71. The molecule has 1 fully saturated rings. The summed E-state index contributed by atoms with van der Waals surface area (Å²) in [4.78, 5) is 19.1. The number of nitrogens with two attached hydrogens (primary N) is 1. The zero-order chi connectivity index (χ0) is 25.2. The van der Waals surface area contributed by atoms with Crippen LogP contribution in [-0.2, 0) is 11.3 Å². The summed E-state index contributed by atoms with van der Waals surface area (Å²) in [6.45, 7) is 2.47. The number of nitrogen functional groups attached to an aromatic ring is 1. The molecule has 2 aliphatic rings. The minimum atomic E-state index is -0.374. The van der Waals surface area contributed by atoms with Gasteiger partial charge in [-0.15, -0.1) is 0 Å². The maximum Gasteiger partial charge on any atom is 0.220 e. The van der Waals surface area contributed by atoms with Crippen molar-refractivity contribution in [1.82, 2.24) is 25.6 Å². The summed E-state index contributed by atoms with van der Waals surface area (Å²) in [5, 5.41) is 20.5. The van der Waals surface area contributed by atoms with Crippen LogP contribution in [0.1, 0.15) is 35.0 Å². The molecule has 10 nitrogen and oxygen atoms in total. The van der Waals surface area contributed by atoms with E-state index in [1.807, 2.05) is 19.1 Å². The highest BCUT2D eigenvalue weighted by atomic mass is 19.1. The number of benzene rings is 1. The zero-order valence-electron chi connectivity index (χ0n) is 20.0. The largest absolute Gasteiger partial charge is 0.481 e. The highest BCUT2D eigenvalue weighted by Crippen LogP contribution is 2.34. The number of hydrogen-bond donors (Lipinski definition) is 4. The molecule has 0 aliphatic carbocycles. The SMILES string of the molecule is COc1cccc(-c2cc(F)ccc2[C@H]2Cc3nc(N)nc(C)c3/C(=N/O[C@H]3CN[C@H](CO)C3)N2)n1. The summed E-state index contributed by atoms with van der Waals surface area (Å²) >= 11 is 0. The van der Waals surface area contributed by atoms with E-state index < -0.39 is 0 Å². The quantitative estimate of drug-likeness (QED) is 0.379. The van der Waals surface area contributed by atoms with E-state index in [-0.39, 0.29) is 36.6 Å². The molecule has 0 spiro atoms. The Labute approximate surface area is 207 Å². The Morgan fingerprint density at radius 3 is 2.86 bits per heavy atom. The minimum absolute atomic E-state index is 0.0171. The van der Waals surface area contributed by atoms with Crippen molar-refractivity contribution < 1.29 is 19.1 Å². The Morgan fingerprint density at radius 1 is 1.22 bits per heavy atom. The van der Waals surface area contributed by atoms with Gasteiger partial charge in [0.25, 0.3) is 0 Å². The van der Waals surface area contributed by atoms with Gasteiger partial charge in [-0.05, 0) is 30.7 Å². The predicted molar refractivity (Wildman–Crippen MR) is 132 cm³/mol. The number of ether oxygens (including phenoxy) is 1. The molecule has 1 aromatic carbocycles. The maximum absolute atomic E-state index is 14.4. The predicted octanol–water partition coefficient (Wildman–Crippen LogP) is 1.86. The van der Waals surface area contributed by atoms with Gasteiger partial charge < -0.3 is 31.0 Å². The number of aromatic nitrogens is 3. The molecule has 3 atom stereocenters. The van der Waals surface area contributed by atoms with Crippen molar-refractivity contribution in [2.24, 2.45) is 5.16 Å². The van der Waals surface area contributed by atoms with E-state index in [1.54, 1.807) is 12.1 Å². The summed E-state index contributed by atoms with van der Waals surface area (Å²) in [5.41, 5.74) is 10.1. The second-order valence-electron chi connectivity index (χ2n) is 8.88. The lowest BCUT2D eigenvalue weighted by molar-refractivity contribution is 0.0690. The summed E-state index contributed by atoms with van der Waals surface area (Å²) in [7, 11) is 1.54. The molecule has 0 radical (unpaired) electrons. The molecular formula is C25H28FN7O3. The second kappa shape index (κ2) is 10.0. The van der Waals surface area contributed by atoms with Gasteiger partial charge >= 0.3 is 0 Å². The van der Waals surface area contributed by atoms with Crippen molar-refractivity contribution in [3.63, 3.8) is 0 Å². The molecule has 36 heavy (non-hydrogen) atoms. The number of nitrogens with one attached hydrogen (secondary N) is 2. The number of rotatable bonds is 6. The first kappa shape index (κ1) is 23.9. The molecule has 0 amide bonds. The number of pyridine rings is 1. The van der Waals surface area contributed by atoms with Gasteiger partial charge in [-0.3, -0.25) is 0 Å². The van der Waals surface area contributed by atoms with Gasteiger partial charge in [-0.1, -0.05) is 17.3 Å². The molecule has 5 rings (SSSR count). The van der Waals surface area contributed by atoms with Gasteiger partial charge in [-0.25, -0.2) is 19.3 Å². The van der Waals surface area contributed by atoms with Crippen LogP contribution in [0, 0.1) is 12.7 Å². The first-order valence-corrected chi connectivity index (χ1v) is 11.7. The molecule has 0 bridgehead atoms. The number of nitrogens with zero attached hydrogens (tertiary/aromatic N) is 4. The van der Waals surface area contributed by atoms with Crippen LogP contribution in [0.3, 0.4) is 0 Å². The number of halogens is 1. The maximum atomic E-state index is 14.4. The number of anilines is 1. The number of oxime groups is 1. The van der Waals surface area contributed by atoms with Crippen molar-refractivity contribution in [2.75, 3.05) is 26.0 Å². The smallest absolute Gasteiger partial charge is 0.220 e. The lowest BCUT2D eigenvalue weighted by Crippen LogP contribution is -2.38. The monoisotopic (exact) mass is 493 g/mol. The highest BCUT2D eigenvalue weighted by molar-refractivity contribution is 6.01. The van der Waals surface area contributed by atoms with Crippen molar-refractivity contribution >= 4 is 11.8 Å². The standard InChI is InChI=1S/C25H28FN7O3/c1-13-23-21(32-25(27)29-13)10-20(31-24(23)33-36-16-9-15(12-34)28-11-16)17-7-6-14(26)8-18(17)19-4-3-5-22(30-19)35-2/h3-8,15-16,20,28,34H,9-12H2,1-2H3,(H,31,33)(H2,27,29,32)/t15-,16+,20+/m0/s1. The molecular weight excluding hydrogens is 465 g/mol. The van der Waals surface area contributed by atoms with Crippen LogP contribution in [0.5, 0.6) is 5.88 Å². The number of amidine groups is 1. The lowest BCUT2D eigenvalue weighted by atomic mass is 9.90. The highest BCUT2D eigenvalue weighted by Gasteiger charge is 2.31. The van der Waals surface area contributed by atoms with Gasteiger partial charge in [0.2, 0.25) is 11.8 Å². The van der Waals surface area contributed by atoms with Crippen LogP contribution in [0.4, 0.5) is 10.3 Å². The van der Waals surface area contributed by atoms with Crippen LogP contribution in [-0.4, -0.2) is 58.3 Å². The third kappa shape index (κ3) is 4.79. The Kier molecular flexibility index (Phi) is 6.66.